The summed E-state index contributed by atoms with van der Waals surface area (Å²) < 4.78 is 25.1. The van der Waals surface area contributed by atoms with E-state index in [1.54, 1.807) is 11.0 Å². The number of hydrogen-bond acceptors (Lipinski definition) is 3. The van der Waals surface area contributed by atoms with E-state index in [-0.39, 0.29) is 23.4 Å². The van der Waals surface area contributed by atoms with E-state index >= 15 is 0 Å². The predicted octanol–water partition coefficient (Wildman–Crippen LogP) is 4.04. The van der Waals surface area contributed by atoms with Gasteiger partial charge in [-0.2, -0.15) is 0 Å². The van der Waals surface area contributed by atoms with Crippen LogP contribution < -0.4 is 10.1 Å². The number of hydrogen-bond donors (Lipinski definition) is 1. The number of carbonyl (C=O) groups excluding carboxylic acids is 1. The first-order valence-electron chi connectivity index (χ1n) is 8.50. The lowest BCUT2D eigenvalue weighted by Crippen LogP contribution is -2.49. The van der Waals surface area contributed by atoms with Crippen molar-refractivity contribution < 1.29 is 18.7 Å². The maximum absolute atomic E-state index is 14.1. The second-order valence-electron chi connectivity index (χ2n) is 6.55. The fraction of sp³-hybridized carbons (Fsp3) is 0.611. The molecular weight excluding hydrogens is 311 g/mol. The summed E-state index contributed by atoms with van der Waals surface area (Å²) in [6.07, 6.45) is 1.55. The van der Waals surface area contributed by atoms with E-state index in [4.69, 9.17) is 9.47 Å². The van der Waals surface area contributed by atoms with Crippen molar-refractivity contribution in [3.05, 3.63) is 24.0 Å². The van der Waals surface area contributed by atoms with Crippen molar-refractivity contribution in [3.8, 4) is 5.75 Å². The van der Waals surface area contributed by atoms with Gasteiger partial charge in [0.25, 0.3) is 0 Å². The number of ether oxygens (including phenoxy) is 2. The second-order valence-corrected chi connectivity index (χ2v) is 6.55. The molecule has 2 rings (SSSR count). The molecule has 1 heterocycles. The van der Waals surface area contributed by atoms with E-state index in [0.29, 0.717) is 25.5 Å². The lowest BCUT2D eigenvalue weighted by molar-refractivity contribution is -0.0758. The van der Waals surface area contributed by atoms with E-state index in [2.05, 4.69) is 5.32 Å². The third-order valence-corrected chi connectivity index (χ3v) is 4.21. The van der Waals surface area contributed by atoms with Gasteiger partial charge in [-0.3, -0.25) is 0 Å². The number of amides is 2. The number of rotatable bonds is 5. The van der Waals surface area contributed by atoms with Crippen molar-refractivity contribution >= 4 is 11.7 Å². The molecule has 1 aromatic carbocycles. The lowest BCUT2D eigenvalue weighted by Gasteiger charge is -2.40. The Morgan fingerprint density at radius 2 is 2.21 bits per heavy atom. The first-order chi connectivity index (χ1) is 11.4. The molecule has 5 nitrogen and oxygen atoms in total. The summed E-state index contributed by atoms with van der Waals surface area (Å²) in [4.78, 5) is 14.3. The summed E-state index contributed by atoms with van der Waals surface area (Å²) in [6, 6.07) is 4.26. The molecule has 0 saturated carbocycles. The Kier molecular flexibility index (Phi) is 6.04. The minimum absolute atomic E-state index is 0.0875. The molecule has 1 aromatic rings. The van der Waals surface area contributed by atoms with Crippen LogP contribution in [-0.2, 0) is 4.74 Å². The Labute approximate surface area is 143 Å². The molecule has 1 saturated heterocycles. The zero-order valence-corrected chi connectivity index (χ0v) is 14.9. The monoisotopic (exact) mass is 338 g/mol. The van der Waals surface area contributed by atoms with Crippen molar-refractivity contribution in [2.75, 3.05) is 25.1 Å². The van der Waals surface area contributed by atoms with Crippen LogP contribution in [0.5, 0.6) is 5.75 Å². The minimum Gasteiger partial charge on any atom is -0.494 e. The third-order valence-electron chi connectivity index (χ3n) is 4.21. The quantitative estimate of drug-likeness (QED) is 0.882. The molecule has 1 N–H and O–H groups in total. The van der Waals surface area contributed by atoms with E-state index in [0.717, 1.165) is 12.8 Å². The van der Waals surface area contributed by atoms with Gasteiger partial charge < -0.3 is 19.7 Å². The van der Waals surface area contributed by atoms with E-state index in [9.17, 15) is 9.18 Å². The SMILES string of the molecule is CCOc1ccc(NC(=O)N(CC)[C@@H]2CCOC(C)(C)C2)c(F)c1. The van der Waals surface area contributed by atoms with Crippen molar-refractivity contribution in [1.82, 2.24) is 4.90 Å². The van der Waals surface area contributed by atoms with Crippen molar-refractivity contribution in [3.63, 3.8) is 0 Å². The molecular formula is C18H27FN2O3. The summed E-state index contributed by atoms with van der Waals surface area (Å²) in [5.74, 6) is -0.0517. The largest absolute Gasteiger partial charge is 0.494 e. The Morgan fingerprint density at radius 1 is 1.46 bits per heavy atom. The van der Waals surface area contributed by atoms with Crippen LogP contribution in [0.15, 0.2) is 18.2 Å². The molecule has 24 heavy (non-hydrogen) atoms. The van der Waals surface area contributed by atoms with Crippen LogP contribution in [0.4, 0.5) is 14.9 Å². The third kappa shape index (κ3) is 4.60. The highest BCUT2D eigenvalue weighted by molar-refractivity contribution is 5.89. The molecule has 6 heteroatoms. The minimum atomic E-state index is -0.502. The summed E-state index contributed by atoms with van der Waals surface area (Å²) in [6.45, 7) is 9.46. The van der Waals surface area contributed by atoms with Gasteiger partial charge in [-0.1, -0.05) is 0 Å². The van der Waals surface area contributed by atoms with Crippen LogP contribution >= 0.6 is 0 Å². The molecule has 1 aliphatic heterocycles. The molecule has 0 aliphatic carbocycles. The molecule has 1 atom stereocenters. The first-order valence-corrected chi connectivity index (χ1v) is 8.50. The van der Waals surface area contributed by atoms with E-state index in [1.807, 2.05) is 27.7 Å². The van der Waals surface area contributed by atoms with Crippen LogP contribution in [0, 0.1) is 5.82 Å². The molecule has 0 radical (unpaired) electrons. The summed E-state index contributed by atoms with van der Waals surface area (Å²) >= 11 is 0. The molecule has 0 spiro atoms. The Morgan fingerprint density at radius 3 is 2.79 bits per heavy atom. The number of nitrogens with one attached hydrogen (secondary N) is 1. The van der Waals surface area contributed by atoms with Crippen molar-refractivity contribution in [2.45, 2.75) is 52.2 Å². The Hall–Kier alpha value is -1.82. The summed E-state index contributed by atoms with van der Waals surface area (Å²) in [7, 11) is 0. The molecule has 1 aliphatic rings. The van der Waals surface area contributed by atoms with Gasteiger partial charge in [-0.15, -0.1) is 0 Å². The van der Waals surface area contributed by atoms with Gasteiger partial charge in [-0.05, 0) is 52.7 Å². The zero-order valence-electron chi connectivity index (χ0n) is 14.9. The lowest BCUT2D eigenvalue weighted by atomic mass is 9.93. The van der Waals surface area contributed by atoms with Crippen LogP contribution in [-0.4, -0.2) is 42.3 Å². The summed E-state index contributed by atoms with van der Waals surface area (Å²) in [5, 5.41) is 2.67. The fourth-order valence-corrected chi connectivity index (χ4v) is 3.07. The molecule has 0 bridgehead atoms. The second kappa shape index (κ2) is 7.83. The van der Waals surface area contributed by atoms with Crippen LogP contribution in [0.1, 0.15) is 40.5 Å². The maximum atomic E-state index is 14.1. The number of carbonyl (C=O) groups is 1. The number of halogens is 1. The van der Waals surface area contributed by atoms with Crippen molar-refractivity contribution in [1.29, 1.82) is 0 Å². The smallest absolute Gasteiger partial charge is 0.322 e. The molecule has 2 amide bonds. The average Bonchev–Trinajstić information content (AvgIpc) is 2.50. The Balaban J connectivity index is 2.06. The topological polar surface area (TPSA) is 50.8 Å². The standard InChI is InChI=1S/C18H27FN2O3/c1-5-21(13-9-10-24-18(3,4)12-13)17(22)20-16-8-7-14(23-6-2)11-15(16)19/h7-8,11,13H,5-6,9-10,12H2,1-4H3,(H,20,22)/t13-/m1/s1. The van der Waals surface area contributed by atoms with Crippen LogP contribution in [0.3, 0.4) is 0 Å². The number of nitrogens with zero attached hydrogens (tertiary/aromatic N) is 1. The first kappa shape index (κ1) is 18.5. The highest BCUT2D eigenvalue weighted by Gasteiger charge is 2.33. The van der Waals surface area contributed by atoms with Gasteiger partial charge in [0.1, 0.15) is 11.6 Å². The van der Waals surface area contributed by atoms with Gasteiger partial charge in [0.15, 0.2) is 0 Å². The molecule has 0 aromatic heterocycles. The van der Waals surface area contributed by atoms with Gasteiger partial charge in [0.2, 0.25) is 0 Å². The molecule has 134 valence electrons. The number of benzene rings is 1. The van der Waals surface area contributed by atoms with E-state index < -0.39 is 5.82 Å². The van der Waals surface area contributed by atoms with Gasteiger partial charge >= 0.3 is 6.03 Å². The number of anilines is 1. The zero-order chi connectivity index (χ0) is 17.7. The highest BCUT2D eigenvalue weighted by Crippen LogP contribution is 2.28. The molecule has 0 unspecified atom stereocenters. The van der Waals surface area contributed by atoms with E-state index in [1.165, 1.54) is 12.1 Å². The van der Waals surface area contributed by atoms with Crippen LogP contribution in [0.25, 0.3) is 0 Å². The fourth-order valence-electron chi connectivity index (χ4n) is 3.07. The number of urea groups is 1. The van der Waals surface area contributed by atoms with Crippen molar-refractivity contribution in [2.24, 2.45) is 0 Å². The van der Waals surface area contributed by atoms with Gasteiger partial charge in [0.05, 0.1) is 17.9 Å². The average molecular weight is 338 g/mol. The Bertz CT molecular complexity index is 577. The highest BCUT2D eigenvalue weighted by atomic mass is 19.1. The van der Waals surface area contributed by atoms with Gasteiger partial charge in [-0.25, -0.2) is 9.18 Å². The van der Waals surface area contributed by atoms with Crippen LogP contribution in [0.2, 0.25) is 0 Å². The predicted molar refractivity (Wildman–Crippen MR) is 92.0 cm³/mol. The molecule has 1 fully saturated rings. The van der Waals surface area contributed by atoms with Gasteiger partial charge in [0, 0.05) is 25.3 Å². The maximum Gasteiger partial charge on any atom is 0.322 e. The summed E-state index contributed by atoms with van der Waals surface area (Å²) in [5.41, 5.74) is -0.0886. The normalized spacial score (nSPS) is 19.6.